The van der Waals surface area contributed by atoms with E-state index in [4.69, 9.17) is 11.5 Å². The summed E-state index contributed by atoms with van der Waals surface area (Å²) in [5, 5.41) is 13.3. The summed E-state index contributed by atoms with van der Waals surface area (Å²) in [5.74, 6) is 1.47. The van der Waals surface area contributed by atoms with Crippen molar-refractivity contribution in [3.8, 4) is 12.3 Å². The quantitative estimate of drug-likeness (QED) is 0.435. The molecule has 0 radical (unpaired) electrons. The van der Waals surface area contributed by atoms with Gasteiger partial charge in [-0.3, -0.25) is 4.79 Å². The minimum absolute atomic E-state index is 0.0466. The smallest absolute Gasteiger partial charge is 0.315 e. The Morgan fingerprint density at radius 1 is 1.57 bits per heavy atom. The topological polar surface area (TPSA) is 78.4 Å². The van der Waals surface area contributed by atoms with Crippen LogP contribution in [0, 0.1) is 12.3 Å². The molecule has 0 aromatic carbocycles. The van der Waals surface area contributed by atoms with Crippen molar-refractivity contribution >= 4 is 12.0 Å². The number of terminal acetylenes is 1. The van der Waals surface area contributed by atoms with Crippen LogP contribution in [0.1, 0.15) is 19.8 Å². The molecule has 78 valence electrons. The Balaban J connectivity index is 3.46. The van der Waals surface area contributed by atoms with Crippen LogP contribution < -0.4 is 10.6 Å². The van der Waals surface area contributed by atoms with Crippen molar-refractivity contribution in [3.63, 3.8) is 0 Å². The van der Waals surface area contributed by atoms with Crippen LogP contribution in [0.15, 0.2) is 0 Å². The molecule has 0 spiro atoms. The van der Waals surface area contributed by atoms with Gasteiger partial charge in [0.1, 0.15) is 0 Å². The van der Waals surface area contributed by atoms with Gasteiger partial charge >= 0.3 is 12.0 Å². The predicted molar refractivity (Wildman–Crippen MR) is 51.7 cm³/mol. The van der Waals surface area contributed by atoms with Gasteiger partial charge in [-0.2, -0.15) is 0 Å². The molecule has 0 aliphatic rings. The highest BCUT2D eigenvalue weighted by Gasteiger charge is 2.03. The fourth-order valence-electron chi connectivity index (χ4n) is 0.731. The Hall–Kier alpha value is -1.70. The fraction of sp³-hybridized carbons (Fsp3) is 0.556. The van der Waals surface area contributed by atoms with Crippen LogP contribution in [0.3, 0.4) is 0 Å². The summed E-state index contributed by atoms with van der Waals surface area (Å²) >= 11 is 0. The Bertz CT molecular complexity index is 245. The lowest BCUT2D eigenvalue weighted by molar-refractivity contribution is -0.137. The molecule has 0 saturated heterocycles. The second-order valence-electron chi connectivity index (χ2n) is 2.79. The van der Waals surface area contributed by atoms with Gasteiger partial charge in [-0.05, 0) is 13.3 Å². The first-order valence-corrected chi connectivity index (χ1v) is 4.28. The normalized spacial score (nSPS) is 11.1. The van der Waals surface area contributed by atoms with E-state index in [9.17, 15) is 9.59 Å². The summed E-state index contributed by atoms with van der Waals surface area (Å²) in [7, 11) is 0. The van der Waals surface area contributed by atoms with Gasteiger partial charge in [0.15, 0.2) is 0 Å². The summed E-state index contributed by atoms with van der Waals surface area (Å²) in [5.41, 5.74) is 0. The number of carboxylic acids is 1. The van der Waals surface area contributed by atoms with Crippen LogP contribution in [-0.4, -0.2) is 29.7 Å². The maximum Gasteiger partial charge on any atom is 0.315 e. The summed E-state index contributed by atoms with van der Waals surface area (Å²) in [4.78, 5) is 21.1. The molecule has 0 rings (SSSR count). The number of hydrogen-bond donors (Lipinski definition) is 3. The summed E-state index contributed by atoms with van der Waals surface area (Å²) < 4.78 is 0. The molecular formula is C9H14N2O3. The van der Waals surface area contributed by atoms with Crippen molar-refractivity contribution in [2.75, 3.05) is 6.54 Å². The first-order valence-electron chi connectivity index (χ1n) is 4.28. The fourth-order valence-corrected chi connectivity index (χ4v) is 0.731. The van der Waals surface area contributed by atoms with Crippen molar-refractivity contribution in [1.29, 1.82) is 0 Å². The van der Waals surface area contributed by atoms with Gasteiger partial charge < -0.3 is 15.7 Å². The van der Waals surface area contributed by atoms with Crippen LogP contribution in [-0.2, 0) is 4.79 Å². The van der Waals surface area contributed by atoms with E-state index in [0.717, 1.165) is 0 Å². The molecule has 0 bridgehead atoms. The molecule has 0 saturated carbocycles. The molecule has 5 heteroatoms. The van der Waals surface area contributed by atoms with Crippen LogP contribution >= 0.6 is 0 Å². The SMILES string of the molecule is C#CC(C)NC(=O)NCCCC(=O)O. The predicted octanol–water partition coefficient (Wildman–Crippen LogP) is 0.172. The highest BCUT2D eigenvalue weighted by molar-refractivity contribution is 5.74. The van der Waals surface area contributed by atoms with E-state index in [1.807, 2.05) is 0 Å². The van der Waals surface area contributed by atoms with E-state index >= 15 is 0 Å². The van der Waals surface area contributed by atoms with Crippen molar-refractivity contribution in [2.24, 2.45) is 0 Å². The molecule has 0 aliphatic carbocycles. The summed E-state index contributed by atoms with van der Waals surface area (Å²) in [6.45, 7) is 2.01. The van der Waals surface area contributed by atoms with E-state index in [0.29, 0.717) is 13.0 Å². The van der Waals surface area contributed by atoms with Crippen LogP contribution in [0.4, 0.5) is 4.79 Å². The molecule has 0 fully saturated rings. The van der Waals surface area contributed by atoms with Gasteiger partial charge in [-0.1, -0.05) is 5.92 Å². The number of rotatable bonds is 5. The van der Waals surface area contributed by atoms with E-state index < -0.39 is 5.97 Å². The molecule has 3 N–H and O–H groups in total. The number of carboxylic acid groups (broad SMARTS) is 1. The first kappa shape index (κ1) is 12.3. The van der Waals surface area contributed by atoms with Crippen LogP contribution in [0.25, 0.3) is 0 Å². The standard InChI is InChI=1S/C9H14N2O3/c1-3-7(2)11-9(14)10-6-4-5-8(12)13/h1,7H,4-6H2,2H3,(H,12,13)(H2,10,11,14). The molecular weight excluding hydrogens is 184 g/mol. The number of urea groups is 1. The van der Waals surface area contributed by atoms with Gasteiger partial charge in [0, 0.05) is 13.0 Å². The second-order valence-corrected chi connectivity index (χ2v) is 2.79. The van der Waals surface area contributed by atoms with E-state index in [2.05, 4.69) is 16.6 Å². The highest BCUT2D eigenvalue weighted by atomic mass is 16.4. The monoisotopic (exact) mass is 198 g/mol. The van der Waals surface area contributed by atoms with Gasteiger partial charge in [-0.15, -0.1) is 6.42 Å². The van der Waals surface area contributed by atoms with E-state index in [1.54, 1.807) is 6.92 Å². The zero-order valence-electron chi connectivity index (χ0n) is 8.04. The number of carbonyl (C=O) groups is 2. The molecule has 0 heterocycles. The number of amides is 2. The average molecular weight is 198 g/mol. The molecule has 0 aromatic heterocycles. The van der Waals surface area contributed by atoms with Gasteiger partial charge in [0.2, 0.25) is 0 Å². The third-order valence-corrected chi connectivity index (χ3v) is 1.45. The lowest BCUT2D eigenvalue weighted by atomic mass is 10.3. The zero-order valence-corrected chi connectivity index (χ0v) is 8.04. The Kier molecular flexibility index (Phi) is 5.95. The Labute approximate surface area is 82.9 Å². The van der Waals surface area contributed by atoms with Gasteiger partial charge in [0.05, 0.1) is 6.04 Å². The Morgan fingerprint density at radius 3 is 2.71 bits per heavy atom. The lowest BCUT2D eigenvalue weighted by Crippen LogP contribution is -2.40. The van der Waals surface area contributed by atoms with Crippen molar-refractivity contribution in [2.45, 2.75) is 25.8 Å². The third kappa shape index (κ3) is 6.98. The number of carbonyl (C=O) groups excluding carboxylic acids is 1. The highest BCUT2D eigenvalue weighted by Crippen LogP contribution is 1.86. The molecule has 14 heavy (non-hydrogen) atoms. The summed E-state index contributed by atoms with van der Waals surface area (Å²) in [6.07, 6.45) is 5.50. The van der Waals surface area contributed by atoms with Crippen molar-refractivity contribution in [3.05, 3.63) is 0 Å². The minimum Gasteiger partial charge on any atom is -0.481 e. The third-order valence-electron chi connectivity index (χ3n) is 1.45. The van der Waals surface area contributed by atoms with Gasteiger partial charge in [0.25, 0.3) is 0 Å². The minimum atomic E-state index is -0.871. The lowest BCUT2D eigenvalue weighted by Gasteiger charge is -2.08. The number of aliphatic carboxylic acids is 1. The van der Waals surface area contributed by atoms with Crippen LogP contribution in [0.2, 0.25) is 0 Å². The maximum absolute atomic E-state index is 11.0. The summed E-state index contributed by atoms with van der Waals surface area (Å²) in [6, 6.07) is -0.699. The van der Waals surface area contributed by atoms with E-state index in [-0.39, 0.29) is 18.5 Å². The zero-order chi connectivity index (χ0) is 11.0. The average Bonchev–Trinajstić information content (AvgIpc) is 2.12. The largest absolute Gasteiger partial charge is 0.481 e. The molecule has 5 nitrogen and oxygen atoms in total. The maximum atomic E-state index is 11.0. The molecule has 1 atom stereocenters. The second kappa shape index (κ2) is 6.78. The molecule has 0 aromatic rings. The number of nitrogens with one attached hydrogen (secondary N) is 2. The molecule has 2 amide bonds. The first-order chi connectivity index (χ1) is 6.56. The van der Waals surface area contributed by atoms with Crippen molar-refractivity contribution in [1.82, 2.24) is 10.6 Å². The van der Waals surface area contributed by atoms with Gasteiger partial charge in [-0.25, -0.2) is 4.79 Å². The number of hydrogen-bond acceptors (Lipinski definition) is 2. The molecule has 0 aliphatic heterocycles. The molecule has 1 unspecified atom stereocenters. The van der Waals surface area contributed by atoms with E-state index in [1.165, 1.54) is 0 Å². The Morgan fingerprint density at radius 2 is 2.21 bits per heavy atom. The van der Waals surface area contributed by atoms with Crippen molar-refractivity contribution < 1.29 is 14.7 Å². The van der Waals surface area contributed by atoms with Crippen LogP contribution in [0.5, 0.6) is 0 Å².